The Morgan fingerprint density at radius 1 is 1.14 bits per heavy atom. The summed E-state index contributed by atoms with van der Waals surface area (Å²) in [4.78, 5) is 29.7. The smallest absolute Gasteiger partial charge is 0.255 e. The number of likely N-dealkylation sites (tertiary alicyclic amines) is 1. The highest BCUT2D eigenvalue weighted by molar-refractivity contribution is 8.00. The topological polar surface area (TPSA) is 40.6 Å². The maximum absolute atomic E-state index is 13.1. The molecule has 2 saturated heterocycles. The molecular weight excluding hydrogens is 392 g/mol. The van der Waals surface area contributed by atoms with Crippen molar-refractivity contribution in [2.45, 2.75) is 56.2 Å². The number of nitrogens with zero attached hydrogens (tertiary/aromatic N) is 2. The lowest BCUT2D eigenvalue weighted by Gasteiger charge is -2.44. The van der Waals surface area contributed by atoms with Gasteiger partial charge in [0.1, 0.15) is 0 Å². The molecule has 0 aromatic heterocycles. The molecule has 1 aromatic rings. The molecule has 2 aliphatic heterocycles. The number of benzene rings is 1. The minimum absolute atomic E-state index is 0.0634. The van der Waals surface area contributed by atoms with Gasteiger partial charge in [0.15, 0.2) is 0 Å². The molecule has 4 nitrogen and oxygen atoms in total. The van der Waals surface area contributed by atoms with Gasteiger partial charge in [-0.2, -0.15) is 0 Å². The zero-order chi connectivity index (χ0) is 19.6. The first kappa shape index (κ1) is 20.1. The van der Waals surface area contributed by atoms with E-state index >= 15 is 0 Å². The second-order valence-electron chi connectivity index (χ2n) is 8.33. The van der Waals surface area contributed by atoms with E-state index in [1.54, 1.807) is 12.1 Å². The molecule has 2 amide bonds. The van der Waals surface area contributed by atoms with Gasteiger partial charge in [0, 0.05) is 42.4 Å². The minimum Gasteiger partial charge on any atom is -0.342 e. The lowest BCUT2D eigenvalue weighted by atomic mass is 9.98. The molecule has 4 rings (SSSR count). The molecule has 0 bridgehead atoms. The molecule has 0 unspecified atom stereocenters. The standard InChI is InChI=1S/C22H29ClN2O2S/c23-19-7-3-6-18(16-19)21(27)25-14-15-28-22(25)10-12-24(13-11-22)20(26)9-8-17-4-1-2-5-17/h3,6-7,16-17H,1-2,4-5,8-15H2. The van der Waals surface area contributed by atoms with Crippen molar-refractivity contribution < 1.29 is 9.59 Å². The monoisotopic (exact) mass is 420 g/mol. The van der Waals surface area contributed by atoms with Crippen molar-refractivity contribution in [2.75, 3.05) is 25.4 Å². The van der Waals surface area contributed by atoms with Crippen molar-refractivity contribution in [2.24, 2.45) is 5.92 Å². The van der Waals surface area contributed by atoms with E-state index in [1.165, 1.54) is 25.7 Å². The fourth-order valence-electron chi connectivity index (χ4n) is 4.98. The quantitative estimate of drug-likeness (QED) is 0.701. The van der Waals surface area contributed by atoms with Crippen LogP contribution in [0.5, 0.6) is 0 Å². The lowest BCUT2D eigenvalue weighted by molar-refractivity contribution is -0.133. The second-order valence-corrected chi connectivity index (χ2v) is 10.2. The van der Waals surface area contributed by atoms with Crippen LogP contribution >= 0.6 is 23.4 Å². The predicted molar refractivity (Wildman–Crippen MR) is 115 cm³/mol. The van der Waals surface area contributed by atoms with Crippen molar-refractivity contribution in [3.05, 3.63) is 34.9 Å². The summed E-state index contributed by atoms with van der Waals surface area (Å²) < 4.78 is 0. The fraction of sp³-hybridized carbons (Fsp3) is 0.636. The third kappa shape index (κ3) is 4.20. The lowest BCUT2D eigenvalue weighted by Crippen LogP contribution is -2.53. The van der Waals surface area contributed by atoms with Crippen molar-refractivity contribution >= 4 is 35.2 Å². The summed E-state index contributed by atoms with van der Waals surface area (Å²) in [6, 6.07) is 7.22. The van der Waals surface area contributed by atoms with E-state index in [4.69, 9.17) is 11.6 Å². The Kier molecular flexibility index (Phi) is 6.21. The van der Waals surface area contributed by atoms with Gasteiger partial charge >= 0.3 is 0 Å². The van der Waals surface area contributed by atoms with E-state index in [0.717, 1.165) is 50.6 Å². The Hall–Kier alpha value is -1.20. The van der Waals surface area contributed by atoms with Gasteiger partial charge in [0.25, 0.3) is 5.91 Å². The molecule has 1 aliphatic carbocycles. The third-order valence-corrected chi connectivity index (χ3v) is 8.42. The molecule has 1 saturated carbocycles. The molecule has 152 valence electrons. The summed E-state index contributed by atoms with van der Waals surface area (Å²) in [6.07, 6.45) is 8.72. The first-order valence-electron chi connectivity index (χ1n) is 10.6. The van der Waals surface area contributed by atoms with Crippen molar-refractivity contribution in [1.29, 1.82) is 0 Å². The summed E-state index contributed by atoms with van der Waals surface area (Å²) in [5, 5.41) is 0.592. The fourth-order valence-corrected chi connectivity index (χ4v) is 6.62. The molecular formula is C22H29ClN2O2S. The molecule has 1 spiro atoms. The SMILES string of the molecule is O=C(CCC1CCCC1)N1CCC2(CC1)SCCN2C(=O)c1cccc(Cl)c1. The van der Waals surface area contributed by atoms with Crippen LogP contribution in [0, 0.1) is 5.92 Å². The van der Waals surface area contributed by atoms with E-state index in [0.29, 0.717) is 22.9 Å². The van der Waals surface area contributed by atoms with Gasteiger partial charge in [-0.25, -0.2) is 0 Å². The Morgan fingerprint density at radius 2 is 1.89 bits per heavy atom. The number of halogens is 1. The number of carbonyl (C=O) groups is 2. The first-order chi connectivity index (χ1) is 13.6. The van der Waals surface area contributed by atoms with Gasteiger partial charge < -0.3 is 9.80 Å². The maximum atomic E-state index is 13.1. The number of piperidine rings is 1. The zero-order valence-corrected chi connectivity index (χ0v) is 17.9. The van der Waals surface area contributed by atoms with Crippen LogP contribution in [0.15, 0.2) is 24.3 Å². The summed E-state index contributed by atoms with van der Waals surface area (Å²) in [5.41, 5.74) is 0.657. The van der Waals surface area contributed by atoms with Gasteiger partial charge in [-0.05, 0) is 43.4 Å². The van der Waals surface area contributed by atoms with Gasteiger partial charge in [0.05, 0.1) is 4.87 Å². The van der Waals surface area contributed by atoms with Crippen LogP contribution < -0.4 is 0 Å². The Bertz CT molecular complexity index is 727. The summed E-state index contributed by atoms with van der Waals surface area (Å²) in [7, 11) is 0. The number of carbonyl (C=O) groups excluding carboxylic acids is 2. The van der Waals surface area contributed by atoms with Crippen LogP contribution in [-0.4, -0.2) is 51.9 Å². The van der Waals surface area contributed by atoms with Crippen LogP contribution in [0.2, 0.25) is 5.02 Å². The van der Waals surface area contributed by atoms with Gasteiger partial charge in [-0.1, -0.05) is 43.4 Å². The van der Waals surface area contributed by atoms with Crippen LogP contribution in [0.1, 0.15) is 61.7 Å². The second kappa shape index (κ2) is 8.66. The first-order valence-corrected chi connectivity index (χ1v) is 11.9. The van der Waals surface area contributed by atoms with E-state index in [9.17, 15) is 9.59 Å². The van der Waals surface area contributed by atoms with E-state index in [2.05, 4.69) is 0 Å². The number of hydrogen-bond acceptors (Lipinski definition) is 3. The summed E-state index contributed by atoms with van der Waals surface area (Å²) in [6.45, 7) is 2.29. The van der Waals surface area contributed by atoms with Crippen LogP contribution in [0.25, 0.3) is 0 Å². The normalized spacial score (nSPS) is 22.2. The van der Waals surface area contributed by atoms with Crippen LogP contribution in [0.4, 0.5) is 0 Å². The minimum atomic E-state index is -0.165. The molecule has 28 heavy (non-hydrogen) atoms. The molecule has 1 aromatic carbocycles. The highest BCUT2D eigenvalue weighted by atomic mass is 35.5. The Morgan fingerprint density at radius 3 is 2.61 bits per heavy atom. The molecule has 6 heteroatoms. The van der Waals surface area contributed by atoms with E-state index in [1.807, 2.05) is 33.7 Å². The highest BCUT2D eigenvalue weighted by Crippen LogP contribution is 2.44. The molecule has 3 aliphatic rings. The van der Waals surface area contributed by atoms with Crippen molar-refractivity contribution in [3.63, 3.8) is 0 Å². The largest absolute Gasteiger partial charge is 0.342 e. The highest BCUT2D eigenvalue weighted by Gasteiger charge is 2.47. The number of hydrogen-bond donors (Lipinski definition) is 0. The van der Waals surface area contributed by atoms with Crippen molar-refractivity contribution in [1.82, 2.24) is 9.80 Å². The summed E-state index contributed by atoms with van der Waals surface area (Å²) >= 11 is 7.97. The Labute approximate surface area is 177 Å². The number of thioether (sulfide) groups is 1. The molecule has 0 radical (unpaired) electrons. The molecule has 0 atom stereocenters. The van der Waals surface area contributed by atoms with Gasteiger partial charge in [-0.15, -0.1) is 11.8 Å². The summed E-state index contributed by atoms with van der Waals surface area (Å²) in [5.74, 6) is 2.09. The molecule has 3 fully saturated rings. The van der Waals surface area contributed by atoms with E-state index < -0.39 is 0 Å². The maximum Gasteiger partial charge on any atom is 0.255 e. The number of rotatable bonds is 4. The average Bonchev–Trinajstić information content (AvgIpc) is 3.36. The Balaban J connectivity index is 1.35. The predicted octanol–water partition coefficient (Wildman–Crippen LogP) is 4.82. The van der Waals surface area contributed by atoms with Crippen LogP contribution in [0.3, 0.4) is 0 Å². The number of amides is 2. The van der Waals surface area contributed by atoms with E-state index in [-0.39, 0.29) is 10.8 Å². The van der Waals surface area contributed by atoms with Crippen LogP contribution in [-0.2, 0) is 4.79 Å². The third-order valence-electron chi connectivity index (χ3n) is 6.63. The van der Waals surface area contributed by atoms with Gasteiger partial charge in [0.2, 0.25) is 5.91 Å². The molecule has 0 N–H and O–H groups in total. The van der Waals surface area contributed by atoms with Gasteiger partial charge in [-0.3, -0.25) is 9.59 Å². The molecule has 2 heterocycles. The average molecular weight is 421 g/mol. The van der Waals surface area contributed by atoms with Crippen molar-refractivity contribution in [3.8, 4) is 0 Å². The zero-order valence-electron chi connectivity index (χ0n) is 16.4.